The van der Waals surface area contributed by atoms with Crippen LogP contribution in [0.5, 0.6) is 0 Å². The van der Waals surface area contributed by atoms with Gasteiger partial charge >= 0.3 is 0 Å². The van der Waals surface area contributed by atoms with Crippen LogP contribution in [0.25, 0.3) is 22.3 Å². The predicted molar refractivity (Wildman–Crippen MR) is 310 cm³/mol. The first-order valence-electron chi connectivity index (χ1n) is 28.2. The third-order valence-electron chi connectivity index (χ3n) is 15.6. The highest BCUT2D eigenvalue weighted by atomic mass is 15.2. The minimum atomic E-state index is 0.0535. The van der Waals surface area contributed by atoms with Crippen LogP contribution in [-0.2, 0) is 5.41 Å². The fourth-order valence-electron chi connectivity index (χ4n) is 11.6. The molecule has 0 aliphatic heterocycles. The molecule has 2 nitrogen and oxygen atoms in total. The van der Waals surface area contributed by atoms with Gasteiger partial charge in [0.1, 0.15) is 0 Å². The molecule has 2 heteroatoms. The fraction of sp³-hybridized carbons (Fsp3) is 0.391. The van der Waals surface area contributed by atoms with Crippen LogP contribution < -0.4 is 9.80 Å². The zero-order valence-electron chi connectivity index (χ0n) is 44.1. The van der Waals surface area contributed by atoms with E-state index in [0.29, 0.717) is 0 Å². The molecule has 8 rings (SSSR count). The Balaban J connectivity index is 1.06. The van der Waals surface area contributed by atoms with Crippen LogP contribution >= 0.6 is 0 Å². The highest BCUT2D eigenvalue weighted by Gasteiger charge is 2.42. The van der Waals surface area contributed by atoms with Crippen molar-refractivity contribution in [1.29, 1.82) is 0 Å². The van der Waals surface area contributed by atoms with Crippen molar-refractivity contribution in [2.45, 2.75) is 174 Å². The molecule has 0 atom stereocenters. The first-order valence-corrected chi connectivity index (χ1v) is 28.2. The van der Waals surface area contributed by atoms with Gasteiger partial charge in [-0.3, -0.25) is 0 Å². The molecule has 0 saturated carbocycles. The Morgan fingerprint density at radius 2 is 0.620 bits per heavy atom. The number of fused-ring (bicyclic) bond motifs is 3. The minimum Gasteiger partial charge on any atom is -0.311 e. The summed E-state index contributed by atoms with van der Waals surface area (Å²) < 4.78 is 0. The Morgan fingerprint density at radius 1 is 0.296 bits per heavy atom. The first kappa shape index (κ1) is 51.5. The van der Waals surface area contributed by atoms with Crippen molar-refractivity contribution >= 4 is 34.1 Å². The van der Waals surface area contributed by atoms with E-state index < -0.39 is 0 Å². The molecule has 0 radical (unpaired) electrons. The maximum atomic E-state index is 2.62. The molecule has 0 fully saturated rings. The summed E-state index contributed by atoms with van der Waals surface area (Å²) in [6, 6.07) is 63.6. The van der Waals surface area contributed by atoms with Crippen LogP contribution in [0, 0.1) is 13.8 Å². The van der Waals surface area contributed by atoms with Gasteiger partial charge in [-0.2, -0.15) is 0 Å². The third kappa shape index (κ3) is 13.4. The molecule has 1 aliphatic rings. The van der Waals surface area contributed by atoms with Crippen molar-refractivity contribution in [1.82, 2.24) is 0 Å². The molecular weight excluding hydrogens is 857 g/mol. The molecule has 71 heavy (non-hydrogen) atoms. The Labute approximate surface area is 430 Å². The molecular formula is C69H84N2. The number of benzene rings is 7. The number of anilines is 6. The van der Waals surface area contributed by atoms with Crippen LogP contribution in [0.15, 0.2) is 170 Å². The zero-order chi connectivity index (χ0) is 49.1. The number of aryl methyl sites for hydroxylation is 2. The lowest BCUT2D eigenvalue weighted by atomic mass is 9.70. The molecule has 7 aromatic carbocycles. The van der Waals surface area contributed by atoms with E-state index in [-0.39, 0.29) is 5.41 Å². The highest BCUT2D eigenvalue weighted by molar-refractivity contribution is 5.86. The molecule has 0 unspecified atom stereocenters. The van der Waals surface area contributed by atoms with E-state index in [1.807, 2.05) is 0 Å². The van der Waals surface area contributed by atoms with Gasteiger partial charge in [0.15, 0.2) is 0 Å². The molecule has 0 N–H and O–H groups in total. The summed E-state index contributed by atoms with van der Waals surface area (Å²) in [7, 11) is 0. The topological polar surface area (TPSA) is 6.48 Å². The number of hydrogen-bond donors (Lipinski definition) is 0. The average Bonchev–Trinajstić information content (AvgIpc) is 3.67. The summed E-state index contributed by atoms with van der Waals surface area (Å²) in [5.41, 5.74) is 18.2. The molecule has 370 valence electrons. The molecule has 0 saturated heterocycles. The highest BCUT2D eigenvalue weighted by Crippen LogP contribution is 2.55. The van der Waals surface area contributed by atoms with Crippen molar-refractivity contribution in [3.8, 4) is 22.3 Å². The zero-order valence-corrected chi connectivity index (χ0v) is 44.1. The van der Waals surface area contributed by atoms with E-state index in [9.17, 15) is 0 Å². The molecule has 7 aromatic rings. The van der Waals surface area contributed by atoms with E-state index in [0.717, 1.165) is 34.1 Å². The second kappa shape index (κ2) is 26.5. The Morgan fingerprint density at radius 3 is 1.06 bits per heavy atom. The Bertz CT molecular complexity index is 2560. The van der Waals surface area contributed by atoms with Crippen molar-refractivity contribution < 1.29 is 0 Å². The number of unbranched alkanes of at least 4 members (excludes halogenated alkanes) is 18. The van der Waals surface area contributed by atoms with Crippen molar-refractivity contribution in [3.63, 3.8) is 0 Å². The van der Waals surface area contributed by atoms with Crippen molar-refractivity contribution in [3.05, 3.63) is 192 Å². The second-order valence-electron chi connectivity index (χ2n) is 21.0. The van der Waals surface area contributed by atoms with Crippen LogP contribution in [0.3, 0.4) is 0 Å². The van der Waals surface area contributed by atoms with E-state index in [1.54, 1.807) is 11.1 Å². The van der Waals surface area contributed by atoms with Gasteiger partial charge < -0.3 is 9.80 Å². The van der Waals surface area contributed by atoms with E-state index >= 15 is 0 Å². The predicted octanol–water partition coefficient (Wildman–Crippen LogP) is 21.8. The molecule has 0 aromatic heterocycles. The van der Waals surface area contributed by atoms with Gasteiger partial charge in [0.25, 0.3) is 0 Å². The monoisotopic (exact) mass is 941 g/mol. The molecule has 1 aliphatic carbocycles. The van der Waals surface area contributed by atoms with E-state index in [4.69, 9.17) is 0 Å². The van der Waals surface area contributed by atoms with Gasteiger partial charge in [-0.25, -0.2) is 0 Å². The van der Waals surface area contributed by atoms with Crippen LogP contribution in [0.2, 0.25) is 0 Å². The maximum absolute atomic E-state index is 2.62. The molecule has 0 bridgehead atoms. The van der Waals surface area contributed by atoms with Gasteiger partial charge in [0.05, 0.1) is 0 Å². The number of nitrogens with zero attached hydrogens (tertiary/aromatic N) is 2. The van der Waals surface area contributed by atoms with E-state index in [2.05, 4.69) is 207 Å². The summed E-state index contributed by atoms with van der Waals surface area (Å²) in [6.45, 7) is 9.11. The fourth-order valence-corrected chi connectivity index (χ4v) is 11.6. The number of rotatable bonds is 29. The van der Waals surface area contributed by atoms with Gasteiger partial charge in [-0.1, -0.05) is 244 Å². The Hall–Kier alpha value is -5.86. The second-order valence-corrected chi connectivity index (χ2v) is 21.0. The normalized spacial score (nSPS) is 12.5. The number of para-hydroxylation sites is 2. The smallest absolute Gasteiger partial charge is 0.0463 e. The molecule has 0 spiro atoms. The van der Waals surface area contributed by atoms with Crippen LogP contribution in [0.4, 0.5) is 34.1 Å². The van der Waals surface area contributed by atoms with Gasteiger partial charge in [0.2, 0.25) is 0 Å². The summed E-state index contributed by atoms with van der Waals surface area (Å²) >= 11 is 0. The van der Waals surface area contributed by atoms with Crippen molar-refractivity contribution in [2.75, 3.05) is 9.80 Å². The summed E-state index contributed by atoms with van der Waals surface area (Å²) in [6.07, 6.45) is 30.0. The largest absolute Gasteiger partial charge is 0.311 e. The van der Waals surface area contributed by atoms with Crippen molar-refractivity contribution in [2.24, 2.45) is 0 Å². The average molecular weight is 941 g/mol. The quantitative estimate of drug-likeness (QED) is 0.0432. The maximum Gasteiger partial charge on any atom is 0.0463 e. The first-order chi connectivity index (χ1) is 35.0. The Kier molecular flexibility index (Phi) is 19.3. The lowest BCUT2D eigenvalue weighted by Gasteiger charge is -2.33. The standard InChI is InChI=1S/C69H84N2/c1-5-7-9-11-13-15-17-19-21-29-51-69(52-30-22-20-18-16-14-12-10-8-6-2)67-53-56(4)37-49-65(67)66-50-40-58(54-68(66)69)57-38-43-62(44-39-57)71(61-41-35-55(3)36-42-61)64-47-45-63(46-48-64)70(59-31-25-23-26-32-59)60-33-27-24-28-34-60/h23-28,31-50,53-54H,5-22,29-30,51-52H2,1-4H3. The number of hydrogen-bond acceptors (Lipinski definition) is 2. The van der Waals surface area contributed by atoms with E-state index in [1.165, 1.54) is 175 Å². The molecule has 0 heterocycles. The summed E-state index contributed by atoms with van der Waals surface area (Å²) in [4.78, 5) is 4.72. The SMILES string of the molecule is CCCCCCCCCCCCC1(CCCCCCCCCCCC)c2cc(C)ccc2-c2ccc(-c3ccc(N(c4ccc(C)cc4)c4ccc(N(c5ccccc5)c5ccccc5)cc4)cc3)cc21. The van der Waals surface area contributed by atoms with Crippen LogP contribution in [0.1, 0.15) is 177 Å². The van der Waals surface area contributed by atoms with Gasteiger partial charge in [0, 0.05) is 39.5 Å². The lowest BCUT2D eigenvalue weighted by molar-refractivity contribution is 0.397. The van der Waals surface area contributed by atoms with Gasteiger partial charge in [-0.05, 0) is 139 Å². The molecule has 0 amide bonds. The minimum absolute atomic E-state index is 0.0535. The summed E-state index contributed by atoms with van der Waals surface area (Å²) in [5.74, 6) is 0. The lowest BCUT2D eigenvalue weighted by Crippen LogP contribution is -2.25. The van der Waals surface area contributed by atoms with Crippen LogP contribution in [-0.4, -0.2) is 0 Å². The van der Waals surface area contributed by atoms with Gasteiger partial charge in [-0.15, -0.1) is 0 Å². The third-order valence-corrected chi connectivity index (χ3v) is 15.6. The summed E-state index contributed by atoms with van der Waals surface area (Å²) in [5, 5.41) is 0.